The van der Waals surface area contributed by atoms with Crippen molar-refractivity contribution in [3.05, 3.63) is 34.9 Å². The number of likely N-dealkylation sites (tertiary alicyclic amines) is 1. The number of hydrogen-bond donors (Lipinski definition) is 0. The normalized spacial score (nSPS) is 28.2. The maximum absolute atomic E-state index is 13.7. The summed E-state index contributed by atoms with van der Waals surface area (Å²) in [4.78, 5) is 18.1. The Hall–Kier alpha value is -1.56. The molecule has 1 aliphatic carbocycles. The van der Waals surface area contributed by atoms with E-state index in [0.29, 0.717) is 31.1 Å². The van der Waals surface area contributed by atoms with Crippen LogP contribution in [0.25, 0.3) is 0 Å². The van der Waals surface area contributed by atoms with Gasteiger partial charge in [-0.3, -0.25) is 4.79 Å². The number of nitrogens with zero attached hydrogens (tertiary/aromatic N) is 2. The highest BCUT2D eigenvalue weighted by molar-refractivity contribution is 5.84. The van der Waals surface area contributed by atoms with Gasteiger partial charge in [-0.05, 0) is 80.8 Å². The van der Waals surface area contributed by atoms with E-state index >= 15 is 0 Å². The Morgan fingerprint density at radius 2 is 1.86 bits per heavy atom. The average molecular weight is 409 g/mol. The lowest BCUT2D eigenvalue weighted by Gasteiger charge is -2.40. The van der Waals surface area contributed by atoms with Gasteiger partial charge in [-0.1, -0.05) is 19.9 Å². The maximum atomic E-state index is 13.7. The molecule has 29 heavy (non-hydrogen) atoms. The summed E-state index contributed by atoms with van der Waals surface area (Å²) in [6, 6.07) is 4.44. The predicted octanol–water partition coefficient (Wildman–Crippen LogP) is 4.88. The van der Waals surface area contributed by atoms with Gasteiger partial charge in [0, 0.05) is 19.1 Å². The molecule has 0 N–H and O–H groups in total. The van der Waals surface area contributed by atoms with Gasteiger partial charge >= 0.3 is 6.18 Å². The largest absolute Gasteiger partial charge is 0.416 e. The summed E-state index contributed by atoms with van der Waals surface area (Å²) in [7, 11) is 0. The zero-order chi connectivity index (χ0) is 20.8. The highest BCUT2D eigenvalue weighted by Gasteiger charge is 2.50. The minimum Gasteiger partial charge on any atom is -0.338 e. The van der Waals surface area contributed by atoms with Crippen LogP contribution in [-0.2, 0) is 23.9 Å². The van der Waals surface area contributed by atoms with E-state index in [9.17, 15) is 18.0 Å². The van der Waals surface area contributed by atoms with Crippen LogP contribution in [0.2, 0.25) is 0 Å². The highest BCUT2D eigenvalue weighted by atomic mass is 19.4. The fourth-order valence-corrected chi connectivity index (χ4v) is 5.65. The average Bonchev–Trinajstić information content (AvgIpc) is 3.36. The van der Waals surface area contributed by atoms with Crippen LogP contribution in [0.4, 0.5) is 13.2 Å². The highest BCUT2D eigenvalue weighted by Crippen LogP contribution is 2.48. The molecule has 0 bridgehead atoms. The number of hydrogen-bond acceptors (Lipinski definition) is 2. The van der Waals surface area contributed by atoms with Crippen molar-refractivity contribution >= 4 is 5.91 Å². The summed E-state index contributed by atoms with van der Waals surface area (Å²) in [6.45, 7) is 7.41. The van der Waals surface area contributed by atoms with Crippen LogP contribution < -0.4 is 0 Å². The maximum Gasteiger partial charge on any atom is 0.416 e. The quantitative estimate of drug-likeness (QED) is 0.712. The SMILES string of the molecule is CC(C)C1(C(=O)N2CCc3ccc(C(F)(F)F)cc3C2)CCC(N2CCCC2)C1. The standard InChI is InChI=1S/C23H31F3N2O/c1-16(2)22(9-7-20(14-22)27-10-3-4-11-27)21(29)28-12-8-17-5-6-19(23(24,25)26)13-18(17)15-28/h5-6,13,16,20H,3-4,7-12,14-15H2,1-2H3. The van der Waals surface area contributed by atoms with Gasteiger partial charge in [-0.15, -0.1) is 0 Å². The summed E-state index contributed by atoms with van der Waals surface area (Å²) >= 11 is 0. The number of carbonyl (C=O) groups excluding carboxylic acids is 1. The molecule has 2 unspecified atom stereocenters. The van der Waals surface area contributed by atoms with E-state index in [-0.39, 0.29) is 17.2 Å². The lowest BCUT2D eigenvalue weighted by Crippen LogP contribution is -2.48. The first-order chi connectivity index (χ1) is 13.7. The zero-order valence-corrected chi connectivity index (χ0v) is 17.4. The van der Waals surface area contributed by atoms with Crippen molar-refractivity contribution in [1.29, 1.82) is 0 Å². The molecule has 1 aromatic rings. The van der Waals surface area contributed by atoms with Crippen molar-refractivity contribution in [1.82, 2.24) is 9.80 Å². The molecule has 160 valence electrons. The van der Waals surface area contributed by atoms with E-state index in [2.05, 4.69) is 18.7 Å². The molecule has 0 spiro atoms. The fourth-order valence-electron chi connectivity index (χ4n) is 5.65. The van der Waals surface area contributed by atoms with Gasteiger partial charge in [-0.2, -0.15) is 13.2 Å². The molecule has 0 aromatic heterocycles. The summed E-state index contributed by atoms with van der Waals surface area (Å²) < 4.78 is 39.4. The molecule has 1 aromatic carbocycles. The Balaban J connectivity index is 1.54. The molecule has 3 nitrogen and oxygen atoms in total. The molecule has 2 atom stereocenters. The lowest BCUT2D eigenvalue weighted by atomic mass is 9.73. The van der Waals surface area contributed by atoms with E-state index in [1.807, 2.05) is 4.90 Å². The molecule has 4 rings (SSSR count). The van der Waals surface area contributed by atoms with Crippen molar-refractivity contribution in [2.45, 2.75) is 71.1 Å². The minimum atomic E-state index is -4.35. The second-order valence-corrected chi connectivity index (χ2v) is 9.41. The first-order valence-electron chi connectivity index (χ1n) is 10.9. The Morgan fingerprint density at radius 1 is 1.14 bits per heavy atom. The Labute approximate surface area is 171 Å². The van der Waals surface area contributed by atoms with Gasteiger partial charge in [-0.25, -0.2) is 0 Å². The minimum absolute atomic E-state index is 0.150. The lowest BCUT2D eigenvalue weighted by molar-refractivity contribution is -0.146. The van der Waals surface area contributed by atoms with Crippen LogP contribution >= 0.6 is 0 Å². The molecule has 0 radical (unpaired) electrons. The van der Waals surface area contributed by atoms with Crippen LogP contribution in [-0.4, -0.2) is 41.4 Å². The van der Waals surface area contributed by atoms with Crippen molar-refractivity contribution < 1.29 is 18.0 Å². The van der Waals surface area contributed by atoms with Crippen LogP contribution in [0.1, 0.15) is 62.6 Å². The van der Waals surface area contributed by atoms with Gasteiger partial charge in [0.25, 0.3) is 0 Å². The molecule has 2 fully saturated rings. The second kappa shape index (κ2) is 7.60. The number of halogens is 3. The topological polar surface area (TPSA) is 23.6 Å². The van der Waals surface area contributed by atoms with Crippen molar-refractivity contribution in [2.24, 2.45) is 11.3 Å². The first-order valence-corrected chi connectivity index (χ1v) is 10.9. The van der Waals surface area contributed by atoms with E-state index in [1.54, 1.807) is 6.07 Å². The van der Waals surface area contributed by atoms with E-state index in [4.69, 9.17) is 0 Å². The number of rotatable bonds is 3. The summed E-state index contributed by atoms with van der Waals surface area (Å²) in [5.74, 6) is 0.378. The number of benzene rings is 1. The summed E-state index contributed by atoms with van der Waals surface area (Å²) in [5, 5.41) is 0. The zero-order valence-electron chi connectivity index (χ0n) is 17.4. The molecule has 2 aliphatic heterocycles. The van der Waals surface area contributed by atoms with Gasteiger partial charge in [0.2, 0.25) is 5.91 Å². The third-order valence-electron chi connectivity index (χ3n) is 7.54. The van der Waals surface area contributed by atoms with Crippen LogP contribution in [0.5, 0.6) is 0 Å². The molecule has 6 heteroatoms. The molecule has 1 saturated heterocycles. The Morgan fingerprint density at radius 3 is 2.52 bits per heavy atom. The molecular weight excluding hydrogens is 377 g/mol. The predicted molar refractivity (Wildman–Crippen MR) is 106 cm³/mol. The van der Waals surface area contributed by atoms with E-state index in [1.165, 1.54) is 18.9 Å². The number of carbonyl (C=O) groups is 1. The van der Waals surface area contributed by atoms with Gasteiger partial charge < -0.3 is 9.80 Å². The van der Waals surface area contributed by atoms with Crippen LogP contribution in [0, 0.1) is 11.3 Å². The molecule has 3 aliphatic rings. The molecular formula is C23H31F3N2O. The Bertz CT molecular complexity index is 770. The molecule has 1 amide bonds. The second-order valence-electron chi connectivity index (χ2n) is 9.41. The third-order valence-corrected chi connectivity index (χ3v) is 7.54. The smallest absolute Gasteiger partial charge is 0.338 e. The molecule has 1 saturated carbocycles. The monoisotopic (exact) mass is 408 g/mol. The summed E-state index contributed by atoms with van der Waals surface area (Å²) in [5.41, 5.74) is 0.570. The fraction of sp³-hybridized carbons (Fsp3) is 0.696. The number of amides is 1. The van der Waals surface area contributed by atoms with Crippen molar-refractivity contribution in [3.8, 4) is 0 Å². The summed E-state index contributed by atoms with van der Waals surface area (Å²) in [6.07, 6.45) is 1.57. The first kappa shape index (κ1) is 20.7. The van der Waals surface area contributed by atoms with E-state index in [0.717, 1.165) is 44.0 Å². The van der Waals surface area contributed by atoms with E-state index < -0.39 is 11.7 Å². The number of alkyl halides is 3. The third kappa shape index (κ3) is 3.80. The van der Waals surface area contributed by atoms with Gasteiger partial charge in [0.05, 0.1) is 11.0 Å². The Kier molecular flexibility index (Phi) is 5.43. The molecule has 2 heterocycles. The van der Waals surface area contributed by atoms with Crippen LogP contribution in [0.15, 0.2) is 18.2 Å². The van der Waals surface area contributed by atoms with Crippen molar-refractivity contribution in [3.63, 3.8) is 0 Å². The van der Waals surface area contributed by atoms with Crippen LogP contribution in [0.3, 0.4) is 0 Å². The van der Waals surface area contributed by atoms with Crippen molar-refractivity contribution in [2.75, 3.05) is 19.6 Å². The number of fused-ring (bicyclic) bond motifs is 1. The van der Waals surface area contributed by atoms with Gasteiger partial charge in [0.1, 0.15) is 0 Å². The van der Waals surface area contributed by atoms with Gasteiger partial charge in [0.15, 0.2) is 0 Å².